The summed E-state index contributed by atoms with van der Waals surface area (Å²) in [6.07, 6.45) is 4.96. The highest BCUT2D eigenvalue weighted by atomic mass is 32.2. The Morgan fingerprint density at radius 2 is 2.25 bits per heavy atom. The van der Waals surface area contributed by atoms with Crippen LogP contribution in [0, 0.1) is 0 Å². The topological polar surface area (TPSA) is 72.9 Å². The van der Waals surface area contributed by atoms with Crippen molar-refractivity contribution in [2.75, 3.05) is 16.8 Å². The van der Waals surface area contributed by atoms with Crippen molar-refractivity contribution in [1.82, 2.24) is 9.55 Å². The first-order valence-electron chi connectivity index (χ1n) is 6.41. The van der Waals surface area contributed by atoms with E-state index >= 15 is 0 Å². The molecule has 0 saturated carbocycles. The van der Waals surface area contributed by atoms with Crippen LogP contribution in [0.15, 0.2) is 41.8 Å². The lowest BCUT2D eigenvalue weighted by molar-refractivity contribution is -0.116. The molecule has 1 aromatic carbocycles. The molecule has 0 saturated heterocycles. The number of nitrogens with one attached hydrogen (secondary N) is 1. The van der Waals surface area contributed by atoms with Gasteiger partial charge in [0.05, 0.1) is 11.4 Å². The minimum atomic E-state index is -0.0108. The smallest absolute Gasteiger partial charge is 0.224 e. The first-order valence-corrected chi connectivity index (χ1v) is 7.40. The van der Waals surface area contributed by atoms with Crippen molar-refractivity contribution in [3.8, 4) is 0 Å². The standard InChI is InChI=1S/C14H18N4OS/c1-18-9-8-16-14(18)20-10-4-7-13(19)17-12-6-3-2-5-11(12)15/h2-3,5-6,8-9H,4,7,10,15H2,1H3,(H,17,19). The second-order valence-electron chi connectivity index (χ2n) is 4.41. The Kier molecular flexibility index (Phi) is 5.06. The zero-order chi connectivity index (χ0) is 14.4. The normalized spacial score (nSPS) is 10.4. The molecule has 1 heterocycles. The Morgan fingerprint density at radius 3 is 2.95 bits per heavy atom. The predicted octanol–water partition coefficient (Wildman–Crippen LogP) is 2.51. The number of thioether (sulfide) groups is 1. The van der Waals surface area contributed by atoms with Crippen molar-refractivity contribution >= 4 is 29.0 Å². The number of hydrogen-bond acceptors (Lipinski definition) is 4. The number of carbonyl (C=O) groups is 1. The number of hydrogen-bond donors (Lipinski definition) is 2. The van der Waals surface area contributed by atoms with Gasteiger partial charge in [-0.3, -0.25) is 4.79 Å². The van der Waals surface area contributed by atoms with Gasteiger partial charge in [0.25, 0.3) is 0 Å². The fourth-order valence-electron chi connectivity index (χ4n) is 1.71. The number of nitrogen functional groups attached to an aromatic ring is 1. The van der Waals surface area contributed by atoms with Crippen molar-refractivity contribution in [1.29, 1.82) is 0 Å². The summed E-state index contributed by atoms with van der Waals surface area (Å²) < 4.78 is 1.97. The molecule has 0 fully saturated rings. The zero-order valence-electron chi connectivity index (χ0n) is 11.4. The van der Waals surface area contributed by atoms with E-state index in [-0.39, 0.29) is 5.91 Å². The molecule has 0 unspecified atom stereocenters. The fraction of sp³-hybridized carbons (Fsp3) is 0.286. The molecule has 0 atom stereocenters. The Labute approximate surface area is 122 Å². The van der Waals surface area contributed by atoms with Crippen LogP contribution in [0.1, 0.15) is 12.8 Å². The van der Waals surface area contributed by atoms with Crippen LogP contribution in [0.2, 0.25) is 0 Å². The molecular weight excluding hydrogens is 272 g/mol. The van der Waals surface area contributed by atoms with Crippen molar-refractivity contribution < 1.29 is 4.79 Å². The molecule has 106 valence electrons. The minimum Gasteiger partial charge on any atom is -0.397 e. The third-order valence-corrected chi connectivity index (χ3v) is 3.94. The summed E-state index contributed by atoms with van der Waals surface area (Å²) in [6.45, 7) is 0. The highest BCUT2D eigenvalue weighted by molar-refractivity contribution is 7.99. The van der Waals surface area contributed by atoms with Crippen LogP contribution in [0.5, 0.6) is 0 Å². The zero-order valence-corrected chi connectivity index (χ0v) is 12.2. The van der Waals surface area contributed by atoms with Gasteiger partial charge in [-0.25, -0.2) is 4.98 Å². The molecule has 1 aromatic heterocycles. The van der Waals surface area contributed by atoms with Gasteiger partial charge in [0.2, 0.25) is 5.91 Å². The van der Waals surface area contributed by atoms with Crippen molar-refractivity contribution in [3.05, 3.63) is 36.7 Å². The number of aryl methyl sites for hydroxylation is 1. The summed E-state index contributed by atoms with van der Waals surface area (Å²) in [7, 11) is 1.96. The van der Waals surface area contributed by atoms with Gasteiger partial charge in [0, 0.05) is 31.6 Å². The predicted molar refractivity (Wildman–Crippen MR) is 82.7 cm³/mol. The van der Waals surface area contributed by atoms with Gasteiger partial charge < -0.3 is 15.6 Å². The number of anilines is 2. The average molecular weight is 290 g/mol. The quantitative estimate of drug-likeness (QED) is 0.487. The van der Waals surface area contributed by atoms with E-state index in [1.807, 2.05) is 29.9 Å². The van der Waals surface area contributed by atoms with Crippen LogP contribution in [-0.4, -0.2) is 21.2 Å². The Hall–Kier alpha value is -1.95. The number of benzene rings is 1. The number of amides is 1. The third kappa shape index (κ3) is 4.03. The molecule has 0 spiro atoms. The fourth-order valence-corrected chi connectivity index (χ4v) is 2.58. The van der Waals surface area contributed by atoms with E-state index in [2.05, 4.69) is 10.3 Å². The van der Waals surface area contributed by atoms with E-state index in [4.69, 9.17) is 5.73 Å². The summed E-state index contributed by atoms with van der Waals surface area (Å²) in [6, 6.07) is 7.26. The number of nitrogens with zero attached hydrogens (tertiary/aromatic N) is 2. The Balaban J connectivity index is 1.71. The van der Waals surface area contributed by atoms with Crippen LogP contribution >= 0.6 is 11.8 Å². The van der Waals surface area contributed by atoms with Crippen LogP contribution < -0.4 is 11.1 Å². The van der Waals surface area contributed by atoms with Gasteiger partial charge in [0.1, 0.15) is 0 Å². The number of aromatic nitrogens is 2. The van der Waals surface area contributed by atoms with E-state index in [9.17, 15) is 4.79 Å². The van der Waals surface area contributed by atoms with Gasteiger partial charge in [0.15, 0.2) is 5.16 Å². The minimum absolute atomic E-state index is 0.0108. The lowest BCUT2D eigenvalue weighted by atomic mass is 10.2. The molecule has 6 heteroatoms. The second kappa shape index (κ2) is 7.00. The number of imidazole rings is 1. The summed E-state index contributed by atoms with van der Waals surface area (Å²) in [4.78, 5) is 16.0. The maximum Gasteiger partial charge on any atom is 0.224 e. The lowest BCUT2D eigenvalue weighted by Crippen LogP contribution is -2.12. The molecule has 20 heavy (non-hydrogen) atoms. The van der Waals surface area contributed by atoms with E-state index in [1.165, 1.54) is 0 Å². The summed E-state index contributed by atoms with van der Waals surface area (Å²) in [5, 5.41) is 3.79. The Morgan fingerprint density at radius 1 is 1.45 bits per heavy atom. The molecule has 1 amide bonds. The number of rotatable bonds is 6. The SMILES string of the molecule is Cn1ccnc1SCCCC(=O)Nc1ccccc1N. The van der Waals surface area contributed by atoms with Crippen LogP contribution in [0.3, 0.4) is 0 Å². The number of nitrogens with two attached hydrogens (primary N) is 1. The molecular formula is C14H18N4OS. The molecule has 0 bridgehead atoms. The molecule has 2 rings (SSSR count). The number of para-hydroxylation sites is 2. The molecule has 0 aliphatic carbocycles. The third-order valence-electron chi connectivity index (χ3n) is 2.79. The highest BCUT2D eigenvalue weighted by Crippen LogP contribution is 2.18. The molecule has 3 N–H and O–H groups in total. The number of carbonyl (C=O) groups excluding carboxylic acids is 1. The van der Waals surface area contributed by atoms with Crippen LogP contribution in [0.25, 0.3) is 0 Å². The van der Waals surface area contributed by atoms with Crippen LogP contribution in [-0.2, 0) is 11.8 Å². The summed E-state index contributed by atoms with van der Waals surface area (Å²) in [5.74, 6) is 0.853. The van der Waals surface area contributed by atoms with Crippen molar-refractivity contribution in [2.45, 2.75) is 18.0 Å². The molecule has 2 aromatic rings. The summed E-state index contributed by atoms with van der Waals surface area (Å²) in [5.41, 5.74) is 7.04. The second-order valence-corrected chi connectivity index (χ2v) is 5.47. The van der Waals surface area contributed by atoms with Crippen molar-refractivity contribution in [3.63, 3.8) is 0 Å². The average Bonchev–Trinajstić information content (AvgIpc) is 2.83. The maximum atomic E-state index is 11.8. The van der Waals surface area contributed by atoms with Crippen molar-refractivity contribution in [2.24, 2.45) is 7.05 Å². The van der Waals surface area contributed by atoms with E-state index in [1.54, 1.807) is 30.1 Å². The van der Waals surface area contributed by atoms with Gasteiger partial charge >= 0.3 is 0 Å². The van der Waals surface area contributed by atoms with E-state index in [0.717, 1.165) is 17.3 Å². The molecule has 5 nitrogen and oxygen atoms in total. The maximum absolute atomic E-state index is 11.8. The van der Waals surface area contributed by atoms with E-state index < -0.39 is 0 Å². The molecule has 0 radical (unpaired) electrons. The molecule has 0 aliphatic rings. The summed E-state index contributed by atoms with van der Waals surface area (Å²) >= 11 is 1.65. The van der Waals surface area contributed by atoms with Crippen LogP contribution in [0.4, 0.5) is 11.4 Å². The lowest BCUT2D eigenvalue weighted by Gasteiger charge is -2.07. The van der Waals surface area contributed by atoms with Gasteiger partial charge in [-0.15, -0.1) is 0 Å². The largest absolute Gasteiger partial charge is 0.397 e. The monoisotopic (exact) mass is 290 g/mol. The van der Waals surface area contributed by atoms with E-state index in [0.29, 0.717) is 17.8 Å². The highest BCUT2D eigenvalue weighted by Gasteiger charge is 2.05. The van der Waals surface area contributed by atoms with Gasteiger partial charge in [-0.1, -0.05) is 23.9 Å². The van der Waals surface area contributed by atoms with Gasteiger partial charge in [-0.2, -0.15) is 0 Å². The first-order chi connectivity index (χ1) is 9.66. The Bertz CT molecular complexity index is 582. The molecule has 0 aliphatic heterocycles. The first kappa shape index (κ1) is 14.5. The van der Waals surface area contributed by atoms with Gasteiger partial charge in [-0.05, 0) is 18.6 Å².